The number of hydrogen-bond acceptors (Lipinski definition) is 3. The van der Waals surface area contributed by atoms with Crippen LogP contribution in [0.25, 0.3) is 0 Å². The smallest absolute Gasteiger partial charge is 0.387 e. The summed E-state index contributed by atoms with van der Waals surface area (Å²) in [5.41, 5.74) is 3.68. The second kappa shape index (κ2) is 7.94. The van der Waals surface area contributed by atoms with Gasteiger partial charge in [0.1, 0.15) is 0 Å². The van der Waals surface area contributed by atoms with Crippen LogP contribution in [-0.4, -0.2) is 26.2 Å². The van der Waals surface area contributed by atoms with Crippen LogP contribution >= 0.6 is 0 Å². The van der Waals surface area contributed by atoms with E-state index in [9.17, 15) is 13.6 Å². The molecular formula is C21H23F2NO3. The summed E-state index contributed by atoms with van der Waals surface area (Å²) >= 11 is 0. The molecule has 1 heterocycles. The number of hydrogen-bond donors (Lipinski definition) is 0. The number of nitrogens with zero attached hydrogens (tertiary/aromatic N) is 1. The fraction of sp³-hybridized carbons (Fsp3) is 0.381. The number of amides is 1. The van der Waals surface area contributed by atoms with Crippen molar-refractivity contribution >= 4 is 11.6 Å². The summed E-state index contributed by atoms with van der Waals surface area (Å²) in [7, 11) is 1.35. The van der Waals surface area contributed by atoms with E-state index in [0.29, 0.717) is 18.0 Å². The maximum absolute atomic E-state index is 13.1. The van der Waals surface area contributed by atoms with Crippen LogP contribution < -0.4 is 14.4 Å². The van der Waals surface area contributed by atoms with Crippen LogP contribution in [0.1, 0.15) is 47.7 Å². The van der Waals surface area contributed by atoms with Crippen LogP contribution in [0.3, 0.4) is 0 Å². The van der Waals surface area contributed by atoms with Crippen molar-refractivity contribution in [3.63, 3.8) is 0 Å². The molecule has 0 aromatic heterocycles. The van der Waals surface area contributed by atoms with Crippen molar-refractivity contribution < 1.29 is 23.0 Å². The highest BCUT2D eigenvalue weighted by Gasteiger charge is 2.25. The number of fused-ring (bicyclic) bond motifs is 1. The predicted molar refractivity (Wildman–Crippen MR) is 100 cm³/mol. The van der Waals surface area contributed by atoms with E-state index in [1.54, 1.807) is 4.90 Å². The molecule has 144 valence electrons. The minimum atomic E-state index is -2.95. The van der Waals surface area contributed by atoms with Gasteiger partial charge in [-0.15, -0.1) is 0 Å². The predicted octanol–water partition coefficient (Wildman–Crippen LogP) is 5.01. The minimum Gasteiger partial charge on any atom is -0.493 e. The Morgan fingerprint density at radius 2 is 1.89 bits per heavy atom. The lowest BCUT2D eigenvalue weighted by molar-refractivity contribution is -0.0512. The van der Waals surface area contributed by atoms with E-state index < -0.39 is 6.61 Å². The summed E-state index contributed by atoms with van der Waals surface area (Å²) in [6.45, 7) is 1.94. The third-order valence-corrected chi connectivity index (χ3v) is 4.76. The van der Waals surface area contributed by atoms with E-state index >= 15 is 0 Å². The van der Waals surface area contributed by atoms with Gasteiger partial charge >= 0.3 is 6.61 Å². The first-order valence-electron chi connectivity index (χ1n) is 8.98. The summed E-state index contributed by atoms with van der Waals surface area (Å²) in [5, 5.41) is 0. The molecule has 3 rings (SSSR count). The molecule has 0 bridgehead atoms. The summed E-state index contributed by atoms with van der Waals surface area (Å²) in [5.74, 6) is 0.251. The molecule has 6 heteroatoms. The van der Waals surface area contributed by atoms with Crippen molar-refractivity contribution in [1.82, 2.24) is 0 Å². The molecule has 1 aliphatic heterocycles. The largest absolute Gasteiger partial charge is 0.493 e. The van der Waals surface area contributed by atoms with Gasteiger partial charge in [0.2, 0.25) is 0 Å². The van der Waals surface area contributed by atoms with Gasteiger partial charge in [-0.1, -0.05) is 26.0 Å². The number of benzene rings is 2. The Balaban J connectivity index is 1.91. The zero-order valence-corrected chi connectivity index (χ0v) is 15.7. The normalized spacial score (nSPS) is 13.7. The van der Waals surface area contributed by atoms with Crippen LogP contribution in [0.5, 0.6) is 11.5 Å². The molecular weight excluding hydrogens is 352 g/mol. The highest BCUT2D eigenvalue weighted by atomic mass is 19.3. The summed E-state index contributed by atoms with van der Waals surface area (Å²) in [6.07, 6.45) is 1.81. The van der Waals surface area contributed by atoms with Crippen molar-refractivity contribution in [2.45, 2.75) is 39.2 Å². The molecule has 1 amide bonds. The number of ether oxygens (including phenoxy) is 2. The van der Waals surface area contributed by atoms with Crippen molar-refractivity contribution in [1.29, 1.82) is 0 Å². The van der Waals surface area contributed by atoms with Crippen molar-refractivity contribution in [3.05, 3.63) is 53.1 Å². The highest BCUT2D eigenvalue weighted by Crippen LogP contribution is 2.33. The van der Waals surface area contributed by atoms with Gasteiger partial charge in [0, 0.05) is 17.8 Å². The van der Waals surface area contributed by atoms with Gasteiger partial charge in [-0.05, 0) is 54.2 Å². The van der Waals surface area contributed by atoms with Crippen LogP contribution in [0.2, 0.25) is 0 Å². The number of halogens is 2. The molecule has 0 atom stereocenters. The van der Waals surface area contributed by atoms with Gasteiger partial charge in [0.25, 0.3) is 5.91 Å². The average Bonchev–Trinajstić information content (AvgIpc) is 2.66. The van der Waals surface area contributed by atoms with Gasteiger partial charge in [-0.2, -0.15) is 8.78 Å². The standard InChI is InChI=1S/C21H23F2NO3/c1-13(2)14-6-8-17-15(11-14)5-4-10-24(17)20(25)16-7-9-18(27-21(22)23)19(12-16)26-3/h6-9,11-13,21H,4-5,10H2,1-3H3. The Morgan fingerprint density at radius 3 is 2.56 bits per heavy atom. The lowest BCUT2D eigenvalue weighted by Gasteiger charge is -2.30. The molecule has 27 heavy (non-hydrogen) atoms. The number of carbonyl (C=O) groups excluding carboxylic acids is 1. The first-order valence-corrected chi connectivity index (χ1v) is 8.98. The molecule has 4 nitrogen and oxygen atoms in total. The molecule has 0 aliphatic carbocycles. The maximum atomic E-state index is 13.1. The van der Waals surface area contributed by atoms with Gasteiger partial charge in [0.05, 0.1) is 7.11 Å². The molecule has 0 fully saturated rings. The monoisotopic (exact) mass is 375 g/mol. The molecule has 0 saturated carbocycles. The van der Waals surface area contributed by atoms with E-state index in [1.165, 1.54) is 30.9 Å². The number of carbonyl (C=O) groups is 1. The third-order valence-electron chi connectivity index (χ3n) is 4.76. The Kier molecular flexibility index (Phi) is 5.63. The van der Waals surface area contributed by atoms with Crippen molar-refractivity contribution in [2.24, 2.45) is 0 Å². The molecule has 0 radical (unpaired) electrons. The minimum absolute atomic E-state index is 0.0929. The molecule has 2 aromatic carbocycles. The molecule has 2 aromatic rings. The fourth-order valence-electron chi connectivity index (χ4n) is 3.34. The van der Waals surface area contributed by atoms with Gasteiger partial charge in [-0.25, -0.2) is 0 Å². The Labute approximate surface area is 157 Å². The third kappa shape index (κ3) is 4.04. The first-order chi connectivity index (χ1) is 12.9. The zero-order valence-electron chi connectivity index (χ0n) is 15.7. The lowest BCUT2D eigenvalue weighted by Crippen LogP contribution is -2.35. The maximum Gasteiger partial charge on any atom is 0.387 e. The molecule has 0 N–H and O–H groups in total. The van der Waals surface area contributed by atoms with Crippen LogP contribution in [-0.2, 0) is 6.42 Å². The number of anilines is 1. The Morgan fingerprint density at radius 1 is 1.11 bits per heavy atom. The van der Waals surface area contributed by atoms with E-state index in [0.717, 1.165) is 24.1 Å². The van der Waals surface area contributed by atoms with Crippen LogP contribution in [0.4, 0.5) is 14.5 Å². The quantitative estimate of drug-likeness (QED) is 0.737. The summed E-state index contributed by atoms with van der Waals surface area (Å²) in [6, 6.07) is 10.5. The lowest BCUT2D eigenvalue weighted by atomic mass is 9.94. The Hall–Kier alpha value is -2.63. The number of methoxy groups -OCH3 is 1. The van der Waals surface area contributed by atoms with E-state index in [4.69, 9.17) is 4.74 Å². The molecule has 0 saturated heterocycles. The fourth-order valence-corrected chi connectivity index (χ4v) is 3.34. The number of aryl methyl sites for hydroxylation is 1. The van der Waals surface area contributed by atoms with Gasteiger partial charge < -0.3 is 14.4 Å². The zero-order chi connectivity index (χ0) is 19.6. The first kappa shape index (κ1) is 19.1. The molecule has 0 unspecified atom stereocenters. The number of alkyl halides is 2. The van der Waals surface area contributed by atoms with Gasteiger partial charge in [-0.3, -0.25) is 4.79 Å². The van der Waals surface area contributed by atoms with Crippen molar-refractivity contribution in [3.8, 4) is 11.5 Å². The molecule has 0 spiro atoms. The average molecular weight is 375 g/mol. The molecule has 1 aliphatic rings. The van der Waals surface area contributed by atoms with E-state index in [-0.39, 0.29) is 17.4 Å². The van der Waals surface area contributed by atoms with Crippen molar-refractivity contribution in [2.75, 3.05) is 18.6 Å². The highest BCUT2D eigenvalue weighted by molar-refractivity contribution is 6.07. The van der Waals surface area contributed by atoms with E-state index in [1.807, 2.05) is 6.07 Å². The summed E-state index contributed by atoms with van der Waals surface area (Å²) < 4.78 is 34.5. The number of rotatable bonds is 5. The SMILES string of the molecule is COc1cc(C(=O)N2CCCc3cc(C(C)C)ccc32)ccc1OC(F)F. The summed E-state index contributed by atoms with van der Waals surface area (Å²) in [4.78, 5) is 14.8. The topological polar surface area (TPSA) is 38.8 Å². The van der Waals surface area contributed by atoms with Crippen LogP contribution in [0.15, 0.2) is 36.4 Å². The van der Waals surface area contributed by atoms with E-state index in [2.05, 4.69) is 30.7 Å². The second-order valence-corrected chi connectivity index (χ2v) is 6.85. The van der Waals surface area contributed by atoms with Gasteiger partial charge in [0.15, 0.2) is 11.5 Å². The van der Waals surface area contributed by atoms with Crippen LogP contribution in [0, 0.1) is 0 Å². The second-order valence-electron chi connectivity index (χ2n) is 6.85. The Bertz CT molecular complexity index is 836.